The van der Waals surface area contributed by atoms with Crippen molar-refractivity contribution < 1.29 is 14.3 Å². The highest BCUT2D eigenvalue weighted by atomic mass is 16.5. The molecule has 160 valence electrons. The van der Waals surface area contributed by atoms with Gasteiger partial charge in [0.05, 0.1) is 12.6 Å². The van der Waals surface area contributed by atoms with E-state index in [1.165, 1.54) is 6.42 Å². The second-order valence-corrected chi connectivity index (χ2v) is 8.04. The fourth-order valence-corrected chi connectivity index (χ4v) is 3.51. The molecule has 1 aliphatic carbocycles. The van der Waals surface area contributed by atoms with Crippen molar-refractivity contribution in [3.63, 3.8) is 0 Å². The van der Waals surface area contributed by atoms with Crippen LogP contribution in [0.1, 0.15) is 37.3 Å². The second-order valence-electron chi connectivity index (χ2n) is 8.04. The molecule has 0 bridgehead atoms. The lowest BCUT2D eigenvalue weighted by Gasteiger charge is -2.34. The van der Waals surface area contributed by atoms with Crippen molar-refractivity contribution in [2.45, 2.75) is 31.7 Å². The van der Waals surface area contributed by atoms with Crippen LogP contribution in [0.2, 0.25) is 0 Å². The Balaban J connectivity index is 1.51. The summed E-state index contributed by atoms with van der Waals surface area (Å²) < 4.78 is 5.69. The van der Waals surface area contributed by atoms with Crippen LogP contribution >= 0.6 is 0 Å². The van der Waals surface area contributed by atoms with Gasteiger partial charge in [-0.3, -0.25) is 9.59 Å². The van der Waals surface area contributed by atoms with Crippen molar-refractivity contribution in [2.75, 3.05) is 32.6 Å². The SMILES string of the molecule is CN(C)CCCOc1ccc(NC(=O)C(=O)NC(c2ccccc2)C2CCC2)cc1. The van der Waals surface area contributed by atoms with Crippen molar-refractivity contribution in [2.24, 2.45) is 5.92 Å². The number of carbonyl (C=O) groups excluding carboxylic acids is 2. The molecule has 6 heteroatoms. The summed E-state index contributed by atoms with van der Waals surface area (Å²) in [7, 11) is 4.06. The molecule has 2 amide bonds. The maximum Gasteiger partial charge on any atom is 0.313 e. The quantitative estimate of drug-likeness (QED) is 0.490. The molecule has 0 radical (unpaired) electrons. The fraction of sp³-hybridized carbons (Fsp3) is 0.417. The van der Waals surface area contributed by atoms with Crippen molar-refractivity contribution in [1.29, 1.82) is 0 Å². The average molecular weight is 410 g/mol. The van der Waals surface area contributed by atoms with Crippen LogP contribution in [-0.4, -0.2) is 44.0 Å². The van der Waals surface area contributed by atoms with E-state index in [1.807, 2.05) is 44.4 Å². The van der Waals surface area contributed by atoms with E-state index in [0.717, 1.165) is 37.1 Å². The van der Waals surface area contributed by atoms with E-state index in [4.69, 9.17) is 4.74 Å². The predicted molar refractivity (Wildman–Crippen MR) is 118 cm³/mol. The van der Waals surface area contributed by atoms with Gasteiger partial charge in [0.1, 0.15) is 5.75 Å². The number of nitrogens with zero attached hydrogens (tertiary/aromatic N) is 1. The van der Waals surface area contributed by atoms with Gasteiger partial charge in [0.25, 0.3) is 0 Å². The van der Waals surface area contributed by atoms with Gasteiger partial charge in [0.2, 0.25) is 0 Å². The Hall–Kier alpha value is -2.86. The number of anilines is 1. The summed E-state index contributed by atoms with van der Waals surface area (Å²) in [5.41, 5.74) is 1.61. The molecule has 1 fully saturated rings. The van der Waals surface area contributed by atoms with Gasteiger partial charge in [-0.1, -0.05) is 36.8 Å². The molecule has 2 aromatic rings. The third-order valence-electron chi connectivity index (χ3n) is 5.40. The largest absolute Gasteiger partial charge is 0.494 e. The molecule has 1 atom stereocenters. The third kappa shape index (κ3) is 6.32. The molecule has 0 aliphatic heterocycles. The molecule has 30 heavy (non-hydrogen) atoms. The van der Waals surface area contributed by atoms with Crippen LogP contribution in [0.25, 0.3) is 0 Å². The molecule has 0 heterocycles. The van der Waals surface area contributed by atoms with Crippen LogP contribution < -0.4 is 15.4 Å². The number of carbonyl (C=O) groups is 2. The minimum Gasteiger partial charge on any atom is -0.494 e. The van der Waals surface area contributed by atoms with E-state index < -0.39 is 11.8 Å². The Morgan fingerprint density at radius 1 is 1.03 bits per heavy atom. The normalized spacial score (nSPS) is 14.6. The van der Waals surface area contributed by atoms with Crippen LogP contribution in [0, 0.1) is 5.92 Å². The first-order valence-electron chi connectivity index (χ1n) is 10.6. The number of benzene rings is 2. The highest BCUT2D eigenvalue weighted by Crippen LogP contribution is 2.37. The number of amides is 2. The molecule has 1 aliphatic rings. The highest BCUT2D eigenvalue weighted by Gasteiger charge is 2.31. The topological polar surface area (TPSA) is 70.7 Å². The van der Waals surface area contributed by atoms with Gasteiger partial charge in [0, 0.05) is 12.2 Å². The maximum absolute atomic E-state index is 12.5. The van der Waals surface area contributed by atoms with Gasteiger partial charge < -0.3 is 20.3 Å². The standard InChI is InChI=1S/C24H31N3O3/c1-27(2)16-7-17-30-21-14-12-20(13-15-21)25-23(28)24(29)26-22(19-10-6-11-19)18-8-4-3-5-9-18/h3-5,8-9,12-15,19,22H,6-7,10-11,16-17H2,1-2H3,(H,25,28)(H,26,29). The number of nitrogens with one attached hydrogen (secondary N) is 2. The molecule has 0 aromatic heterocycles. The number of rotatable bonds is 9. The minimum absolute atomic E-state index is 0.129. The number of hydrogen-bond donors (Lipinski definition) is 2. The first-order valence-corrected chi connectivity index (χ1v) is 10.6. The first-order chi connectivity index (χ1) is 14.5. The minimum atomic E-state index is -0.657. The van der Waals surface area contributed by atoms with Crippen LogP contribution in [0.5, 0.6) is 5.75 Å². The van der Waals surface area contributed by atoms with Gasteiger partial charge in [0.15, 0.2) is 0 Å². The molecule has 1 saturated carbocycles. The van der Waals surface area contributed by atoms with Crippen molar-refractivity contribution in [1.82, 2.24) is 10.2 Å². The van der Waals surface area contributed by atoms with Gasteiger partial charge >= 0.3 is 11.8 Å². The summed E-state index contributed by atoms with van der Waals surface area (Å²) in [5, 5.41) is 5.60. The number of ether oxygens (including phenoxy) is 1. The summed E-state index contributed by atoms with van der Waals surface area (Å²) in [4.78, 5) is 27.0. The molecule has 3 rings (SSSR count). The zero-order chi connectivity index (χ0) is 21.3. The zero-order valence-corrected chi connectivity index (χ0v) is 17.8. The molecular formula is C24H31N3O3. The summed E-state index contributed by atoms with van der Waals surface area (Å²) in [5.74, 6) is -0.145. The summed E-state index contributed by atoms with van der Waals surface area (Å²) in [6.45, 7) is 1.60. The Labute approximate surface area is 178 Å². The summed E-state index contributed by atoms with van der Waals surface area (Å²) >= 11 is 0. The predicted octanol–water partition coefficient (Wildman–Crippen LogP) is 3.61. The Morgan fingerprint density at radius 3 is 2.33 bits per heavy atom. The van der Waals surface area contributed by atoms with Crippen molar-refractivity contribution in [3.8, 4) is 5.75 Å². The van der Waals surface area contributed by atoms with Crippen LogP contribution in [0.3, 0.4) is 0 Å². The van der Waals surface area contributed by atoms with Crippen molar-refractivity contribution >= 4 is 17.5 Å². The summed E-state index contributed by atoms with van der Waals surface area (Å²) in [6, 6.07) is 16.8. The zero-order valence-electron chi connectivity index (χ0n) is 17.8. The Bertz CT molecular complexity index is 817. The van der Waals surface area contributed by atoms with Gasteiger partial charge in [-0.25, -0.2) is 0 Å². The third-order valence-corrected chi connectivity index (χ3v) is 5.40. The lowest BCUT2D eigenvalue weighted by Crippen LogP contribution is -2.41. The van der Waals surface area contributed by atoms with E-state index in [2.05, 4.69) is 15.5 Å². The lowest BCUT2D eigenvalue weighted by molar-refractivity contribution is -0.137. The molecular weight excluding hydrogens is 378 g/mol. The van der Waals surface area contributed by atoms with Gasteiger partial charge in [-0.15, -0.1) is 0 Å². The van der Waals surface area contributed by atoms with E-state index in [0.29, 0.717) is 18.2 Å². The average Bonchev–Trinajstić information content (AvgIpc) is 2.71. The van der Waals surface area contributed by atoms with E-state index in [-0.39, 0.29) is 6.04 Å². The van der Waals surface area contributed by atoms with Gasteiger partial charge in [-0.2, -0.15) is 0 Å². The van der Waals surface area contributed by atoms with Crippen molar-refractivity contribution in [3.05, 3.63) is 60.2 Å². The highest BCUT2D eigenvalue weighted by molar-refractivity contribution is 6.39. The van der Waals surface area contributed by atoms with E-state index >= 15 is 0 Å². The van der Waals surface area contributed by atoms with Crippen LogP contribution in [0.15, 0.2) is 54.6 Å². The molecule has 2 N–H and O–H groups in total. The second kappa shape index (κ2) is 10.8. The monoisotopic (exact) mass is 409 g/mol. The lowest BCUT2D eigenvalue weighted by atomic mass is 9.77. The molecule has 0 spiro atoms. The first kappa shape index (κ1) is 21.8. The van der Waals surface area contributed by atoms with E-state index in [1.54, 1.807) is 24.3 Å². The Kier molecular flexibility index (Phi) is 7.85. The smallest absolute Gasteiger partial charge is 0.313 e. The maximum atomic E-state index is 12.5. The molecule has 2 aromatic carbocycles. The fourth-order valence-electron chi connectivity index (χ4n) is 3.51. The van der Waals surface area contributed by atoms with Crippen LogP contribution in [0.4, 0.5) is 5.69 Å². The van der Waals surface area contributed by atoms with Crippen LogP contribution in [-0.2, 0) is 9.59 Å². The molecule has 6 nitrogen and oxygen atoms in total. The van der Waals surface area contributed by atoms with E-state index in [9.17, 15) is 9.59 Å². The molecule has 1 unspecified atom stereocenters. The Morgan fingerprint density at radius 2 is 1.73 bits per heavy atom. The molecule has 0 saturated heterocycles. The number of hydrogen-bond acceptors (Lipinski definition) is 4. The van der Waals surface area contributed by atoms with Gasteiger partial charge in [-0.05, 0) is 69.1 Å². The summed E-state index contributed by atoms with van der Waals surface area (Å²) in [6.07, 6.45) is 4.24.